The summed E-state index contributed by atoms with van der Waals surface area (Å²) >= 11 is 0. The van der Waals surface area contributed by atoms with Crippen molar-refractivity contribution in [1.29, 1.82) is 0 Å². The van der Waals surface area contributed by atoms with Crippen LogP contribution in [0.4, 0.5) is 19.0 Å². The van der Waals surface area contributed by atoms with Crippen molar-refractivity contribution in [3.8, 4) is 16.8 Å². The number of rotatable bonds is 2. The van der Waals surface area contributed by atoms with Crippen molar-refractivity contribution in [2.24, 2.45) is 0 Å². The van der Waals surface area contributed by atoms with E-state index in [1.165, 1.54) is 6.20 Å². The molecule has 0 aliphatic carbocycles. The molecule has 30 heavy (non-hydrogen) atoms. The first kappa shape index (κ1) is 18.0. The molecule has 9 heteroatoms. The predicted molar refractivity (Wildman–Crippen MR) is 107 cm³/mol. The van der Waals surface area contributed by atoms with Gasteiger partial charge in [0.1, 0.15) is 17.7 Å². The topological polar surface area (TPSA) is 82.5 Å². The van der Waals surface area contributed by atoms with Gasteiger partial charge in [0.15, 0.2) is 0 Å². The molecule has 0 saturated carbocycles. The van der Waals surface area contributed by atoms with Gasteiger partial charge < -0.3 is 5.73 Å². The van der Waals surface area contributed by atoms with E-state index in [0.717, 1.165) is 11.8 Å². The molecule has 0 fully saturated rings. The zero-order chi connectivity index (χ0) is 20.9. The zero-order valence-electron chi connectivity index (χ0n) is 15.3. The molecule has 0 amide bonds. The van der Waals surface area contributed by atoms with Gasteiger partial charge in [0.25, 0.3) is 0 Å². The minimum atomic E-state index is -4.59. The van der Waals surface area contributed by atoms with Gasteiger partial charge in [-0.3, -0.25) is 4.57 Å². The number of fused-ring (bicyclic) bond motifs is 3. The number of nitrogens with zero attached hydrogens (tertiary/aromatic N) is 5. The molecule has 2 N–H and O–H groups in total. The number of hydrogen-bond acceptors (Lipinski definition) is 5. The average Bonchev–Trinajstić information content (AvgIpc) is 3.18. The summed E-state index contributed by atoms with van der Waals surface area (Å²) < 4.78 is 41.6. The van der Waals surface area contributed by atoms with Crippen LogP contribution in [0.1, 0.15) is 5.56 Å². The summed E-state index contributed by atoms with van der Waals surface area (Å²) in [5, 5.41) is 9.05. The molecule has 6 nitrogen and oxygen atoms in total. The van der Waals surface area contributed by atoms with Crippen LogP contribution in [0.25, 0.3) is 38.9 Å². The molecular weight excluding hydrogens is 393 g/mol. The Balaban J connectivity index is 1.75. The largest absolute Gasteiger partial charge is 0.419 e. The number of hydrogen-bond donors (Lipinski definition) is 1. The fourth-order valence-electron chi connectivity index (χ4n) is 3.40. The lowest BCUT2D eigenvalue weighted by molar-refractivity contribution is -0.137. The van der Waals surface area contributed by atoms with Crippen LogP contribution < -0.4 is 5.73 Å². The number of nitrogen functional groups attached to an aromatic ring is 1. The van der Waals surface area contributed by atoms with Crippen LogP contribution in [-0.2, 0) is 6.18 Å². The number of para-hydroxylation sites is 1. The van der Waals surface area contributed by atoms with Crippen molar-refractivity contribution in [2.45, 2.75) is 6.18 Å². The predicted octanol–water partition coefficient (Wildman–Crippen LogP) is 4.63. The van der Waals surface area contributed by atoms with E-state index in [1.54, 1.807) is 24.5 Å². The van der Waals surface area contributed by atoms with E-state index in [2.05, 4.69) is 20.2 Å². The van der Waals surface area contributed by atoms with Crippen molar-refractivity contribution in [3.05, 3.63) is 72.7 Å². The lowest BCUT2D eigenvalue weighted by atomic mass is 10.0. The van der Waals surface area contributed by atoms with Crippen molar-refractivity contribution in [1.82, 2.24) is 24.7 Å². The second-order valence-corrected chi connectivity index (χ2v) is 6.71. The lowest BCUT2D eigenvalue weighted by Gasteiger charge is -2.12. The number of halogens is 3. The van der Waals surface area contributed by atoms with Gasteiger partial charge in [0, 0.05) is 22.8 Å². The first-order chi connectivity index (χ1) is 14.4. The van der Waals surface area contributed by atoms with Gasteiger partial charge in [0.2, 0.25) is 5.65 Å². The minimum absolute atomic E-state index is 0.300. The van der Waals surface area contributed by atoms with Gasteiger partial charge in [-0.2, -0.15) is 13.2 Å². The van der Waals surface area contributed by atoms with E-state index in [9.17, 15) is 13.2 Å². The van der Waals surface area contributed by atoms with E-state index in [-0.39, 0.29) is 0 Å². The number of imidazole rings is 1. The second-order valence-electron chi connectivity index (χ2n) is 6.71. The first-order valence-corrected chi connectivity index (χ1v) is 8.94. The summed E-state index contributed by atoms with van der Waals surface area (Å²) in [7, 11) is 0. The van der Waals surface area contributed by atoms with E-state index in [4.69, 9.17) is 5.73 Å². The van der Waals surface area contributed by atoms with Crippen LogP contribution in [0, 0.1) is 0 Å². The number of alkyl halides is 3. The van der Waals surface area contributed by atoms with Gasteiger partial charge in [-0.25, -0.2) is 9.97 Å². The Hall–Kier alpha value is -4.01. The highest BCUT2D eigenvalue weighted by Crippen LogP contribution is 2.36. The van der Waals surface area contributed by atoms with Gasteiger partial charge >= 0.3 is 6.18 Å². The van der Waals surface area contributed by atoms with Crippen molar-refractivity contribution in [3.63, 3.8) is 0 Å². The standard InChI is InChI=1S/C21H13F3N6/c22-21(23,24)16-9-13(10-26-19(16)25)12-6-7-17-15(8-12)18-20(29-28-17)27-11-30(18)14-4-2-1-3-5-14/h1-11H,(H2,25,26). The molecule has 0 atom stereocenters. The van der Waals surface area contributed by atoms with Crippen LogP contribution in [0.15, 0.2) is 67.1 Å². The highest BCUT2D eigenvalue weighted by atomic mass is 19.4. The Morgan fingerprint density at radius 2 is 1.67 bits per heavy atom. The van der Waals surface area contributed by atoms with Crippen LogP contribution in [-0.4, -0.2) is 24.7 Å². The molecule has 3 heterocycles. The van der Waals surface area contributed by atoms with Crippen LogP contribution >= 0.6 is 0 Å². The molecule has 5 rings (SSSR count). The number of pyridine rings is 1. The lowest BCUT2D eigenvalue weighted by Crippen LogP contribution is -2.10. The third-order valence-corrected chi connectivity index (χ3v) is 4.84. The monoisotopic (exact) mass is 406 g/mol. The molecule has 2 aromatic carbocycles. The van der Waals surface area contributed by atoms with Gasteiger partial charge in [-0.1, -0.05) is 24.3 Å². The van der Waals surface area contributed by atoms with E-state index >= 15 is 0 Å². The molecule has 0 saturated heterocycles. The van der Waals surface area contributed by atoms with E-state index in [1.807, 2.05) is 34.9 Å². The van der Waals surface area contributed by atoms with Gasteiger partial charge in [0.05, 0.1) is 11.1 Å². The number of anilines is 1. The maximum atomic E-state index is 13.3. The van der Waals surface area contributed by atoms with Crippen LogP contribution in [0.3, 0.4) is 0 Å². The molecular formula is C21H13F3N6. The van der Waals surface area contributed by atoms with E-state index < -0.39 is 17.6 Å². The van der Waals surface area contributed by atoms with Gasteiger partial charge in [-0.15, -0.1) is 10.2 Å². The van der Waals surface area contributed by atoms with Crippen molar-refractivity contribution in [2.75, 3.05) is 5.73 Å². The van der Waals surface area contributed by atoms with E-state index in [0.29, 0.717) is 33.2 Å². The Bertz CT molecular complexity index is 1390. The molecule has 0 bridgehead atoms. The third-order valence-electron chi connectivity index (χ3n) is 4.84. The molecule has 0 radical (unpaired) electrons. The molecule has 0 spiro atoms. The fourth-order valence-corrected chi connectivity index (χ4v) is 3.40. The summed E-state index contributed by atoms with van der Waals surface area (Å²) in [6, 6.07) is 15.7. The quantitative estimate of drug-likeness (QED) is 0.462. The summed E-state index contributed by atoms with van der Waals surface area (Å²) in [5.41, 5.74) is 7.95. The van der Waals surface area contributed by atoms with Gasteiger partial charge in [-0.05, 0) is 35.9 Å². The number of benzene rings is 2. The summed E-state index contributed by atoms with van der Waals surface area (Å²) in [6.45, 7) is 0. The Kier molecular flexibility index (Phi) is 3.92. The maximum absolute atomic E-state index is 13.3. The van der Waals surface area contributed by atoms with Crippen LogP contribution in [0.2, 0.25) is 0 Å². The minimum Gasteiger partial charge on any atom is -0.383 e. The molecule has 148 valence electrons. The number of nitrogens with two attached hydrogens (primary N) is 1. The van der Waals surface area contributed by atoms with Crippen molar-refractivity contribution < 1.29 is 13.2 Å². The second kappa shape index (κ2) is 6.51. The summed E-state index contributed by atoms with van der Waals surface area (Å²) in [4.78, 5) is 8.05. The molecule has 0 aliphatic heterocycles. The smallest absolute Gasteiger partial charge is 0.383 e. The highest BCUT2D eigenvalue weighted by molar-refractivity contribution is 6.02. The average molecular weight is 406 g/mol. The Morgan fingerprint density at radius 3 is 2.43 bits per heavy atom. The normalized spacial score (nSPS) is 12.0. The highest BCUT2D eigenvalue weighted by Gasteiger charge is 2.34. The molecule has 0 unspecified atom stereocenters. The zero-order valence-corrected chi connectivity index (χ0v) is 15.3. The fraction of sp³-hybridized carbons (Fsp3) is 0.0476. The Morgan fingerprint density at radius 1 is 0.867 bits per heavy atom. The summed E-state index contributed by atoms with van der Waals surface area (Å²) in [5.74, 6) is -0.553. The SMILES string of the molecule is Nc1ncc(-c2ccc3nnc4ncn(-c5ccccc5)c4c3c2)cc1C(F)(F)F. The van der Waals surface area contributed by atoms with Crippen LogP contribution in [0.5, 0.6) is 0 Å². The number of aromatic nitrogens is 5. The molecule has 3 aromatic heterocycles. The first-order valence-electron chi connectivity index (χ1n) is 8.94. The third kappa shape index (κ3) is 2.91. The van der Waals surface area contributed by atoms with Crippen molar-refractivity contribution >= 4 is 27.9 Å². The Labute approximate surface area is 167 Å². The maximum Gasteiger partial charge on any atom is 0.419 e. The molecule has 0 aliphatic rings. The summed E-state index contributed by atoms with van der Waals surface area (Å²) in [6.07, 6.45) is -1.62. The molecule has 5 aromatic rings.